The monoisotopic (exact) mass is 474 g/mol. The average Bonchev–Trinajstić information content (AvgIpc) is 3.53. The van der Waals surface area contributed by atoms with E-state index in [9.17, 15) is 5.11 Å². The number of thioether (sulfide) groups is 1. The van der Waals surface area contributed by atoms with Crippen molar-refractivity contribution >= 4 is 28.4 Å². The van der Waals surface area contributed by atoms with Crippen LogP contribution in [-0.2, 0) is 11.2 Å². The third-order valence-corrected chi connectivity index (χ3v) is 7.98. The molecule has 2 aliphatic rings. The van der Waals surface area contributed by atoms with E-state index in [0.717, 1.165) is 49.0 Å². The maximum atomic E-state index is 11.2. The molecule has 3 atom stereocenters. The Bertz CT molecular complexity index is 883. The number of hydrogen-bond donors (Lipinski definition) is 1. The van der Waals surface area contributed by atoms with Gasteiger partial charge in [0.25, 0.3) is 0 Å². The van der Waals surface area contributed by atoms with Crippen molar-refractivity contribution in [3.05, 3.63) is 47.1 Å². The van der Waals surface area contributed by atoms with E-state index in [1.807, 2.05) is 6.07 Å². The molecule has 1 fully saturated rings. The number of ether oxygens (including phenoxy) is 2. The van der Waals surface area contributed by atoms with Gasteiger partial charge in [-0.05, 0) is 89.2 Å². The first-order valence-corrected chi connectivity index (χ1v) is 13.1. The van der Waals surface area contributed by atoms with Crippen LogP contribution in [-0.4, -0.2) is 26.9 Å². The van der Waals surface area contributed by atoms with E-state index >= 15 is 0 Å². The Morgan fingerprint density at radius 1 is 1.34 bits per heavy atom. The number of hydrogen-bond acceptors (Lipinski definition) is 5. The molecule has 5 heteroatoms. The Balaban J connectivity index is 1.96. The lowest BCUT2D eigenvalue weighted by Crippen LogP contribution is -2.26. The summed E-state index contributed by atoms with van der Waals surface area (Å²) in [6, 6.07) is 4.01. The van der Waals surface area contributed by atoms with Crippen LogP contribution in [0.3, 0.4) is 0 Å². The highest BCUT2D eigenvalue weighted by molar-refractivity contribution is 8.23. The molecule has 1 aliphatic carbocycles. The summed E-state index contributed by atoms with van der Waals surface area (Å²) in [5.74, 6) is 1.29. The van der Waals surface area contributed by atoms with E-state index in [1.165, 1.54) is 30.2 Å². The number of rotatable bonds is 9. The number of aryl methyl sites for hydroxylation is 1. The molecule has 1 heterocycles. The fourth-order valence-electron chi connectivity index (χ4n) is 4.56. The van der Waals surface area contributed by atoms with Crippen molar-refractivity contribution in [2.45, 2.75) is 89.9 Å². The van der Waals surface area contributed by atoms with E-state index in [4.69, 9.17) is 21.7 Å². The SMILES string of the molecule is C=C(C)[C@@H]1CCC(C)=C[C@H]1c1c(O)cc(CCCCC)cc1OC(=S)SC(C)(C)C1CO1. The van der Waals surface area contributed by atoms with Gasteiger partial charge >= 0.3 is 0 Å². The molecule has 32 heavy (non-hydrogen) atoms. The molecular formula is C27H38O3S2. The Morgan fingerprint density at radius 2 is 2.06 bits per heavy atom. The normalized spacial score (nSPS) is 22.9. The second kappa shape index (κ2) is 10.8. The lowest BCUT2D eigenvalue weighted by molar-refractivity contribution is 0.373. The van der Waals surface area contributed by atoms with Crippen molar-refractivity contribution in [1.29, 1.82) is 0 Å². The summed E-state index contributed by atoms with van der Waals surface area (Å²) >= 11 is 7.19. The average molecular weight is 475 g/mol. The number of epoxide rings is 1. The van der Waals surface area contributed by atoms with E-state index < -0.39 is 0 Å². The van der Waals surface area contributed by atoms with Crippen molar-refractivity contribution in [3.63, 3.8) is 0 Å². The van der Waals surface area contributed by atoms with E-state index in [-0.39, 0.29) is 22.7 Å². The van der Waals surface area contributed by atoms with Crippen LogP contribution in [0.1, 0.15) is 83.8 Å². The summed E-state index contributed by atoms with van der Waals surface area (Å²) in [5, 5.41) is 11.2. The van der Waals surface area contributed by atoms with Gasteiger partial charge in [0.05, 0.1) is 12.7 Å². The van der Waals surface area contributed by atoms with E-state index in [2.05, 4.69) is 53.3 Å². The van der Waals surface area contributed by atoms with Gasteiger partial charge < -0.3 is 14.6 Å². The maximum Gasteiger partial charge on any atom is 0.226 e. The Labute approximate surface area is 203 Å². The topological polar surface area (TPSA) is 42.0 Å². The molecule has 1 aliphatic heterocycles. The van der Waals surface area contributed by atoms with Gasteiger partial charge in [0.1, 0.15) is 11.5 Å². The quantitative estimate of drug-likeness (QED) is 0.172. The van der Waals surface area contributed by atoms with Gasteiger partial charge in [0.2, 0.25) is 4.38 Å². The standard InChI is InChI=1S/C27H38O3S2/c1-7-8-9-10-19-14-22(28)25(21-13-18(4)11-12-20(21)17(2)3)23(15-19)30-26(31)32-27(5,6)24-16-29-24/h13-15,20-21,24,28H,2,7-12,16H2,1,3-6H3/t20-,21+,24?/m0/s1. The number of phenols is 1. The molecule has 0 saturated carbocycles. The number of thiocarbonyl (C=S) groups is 1. The molecule has 176 valence electrons. The van der Waals surface area contributed by atoms with Gasteiger partial charge in [0, 0.05) is 16.2 Å². The smallest absolute Gasteiger partial charge is 0.226 e. The first-order chi connectivity index (χ1) is 15.1. The number of phenolic OH excluding ortho intramolecular Hbond substituents is 1. The second-order valence-electron chi connectivity index (χ2n) is 9.89. The van der Waals surface area contributed by atoms with Crippen LogP contribution >= 0.6 is 24.0 Å². The largest absolute Gasteiger partial charge is 0.507 e. The summed E-state index contributed by atoms with van der Waals surface area (Å²) in [7, 11) is 0. The lowest BCUT2D eigenvalue weighted by Gasteiger charge is -2.32. The zero-order valence-corrected chi connectivity index (χ0v) is 21.8. The van der Waals surface area contributed by atoms with Crippen molar-refractivity contribution in [2.75, 3.05) is 6.61 Å². The van der Waals surface area contributed by atoms with Crippen LogP contribution in [0.25, 0.3) is 0 Å². The highest BCUT2D eigenvalue weighted by atomic mass is 32.2. The van der Waals surface area contributed by atoms with E-state index in [0.29, 0.717) is 15.9 Å². The molecule has 3 rings (SSSR count). The molecular weight excluding hydrogens is 436 g/mol. The molecule has 1 unspecified atom stereocenters. The molecule has 1 N–H and O–H groups in total. The van der Waals surface area contributed by atoms with Crippen LogP contribution in [0.2, 0.25) is 0 Å². The van der Waals surface area contributed by atoms with Crippen molar-refractivity contribution in [3.8, 4) is 11.5 Å². The summed E-state index contributed by atoms with van der Waals surface area (Å²) in [4.78, 5) is 0. The van der Waals surface area contributed by atoms with Gasteiger partial charge in [-0.15, -0.1) is 0 Å². The second-order valence-corrected chi connectivity index (χ2v) is 12.2. The third-order valence-electron chi connectivity index (χ3n) is 6.61. The number of allylic oxidation sites excluding steroid dienone is 3. The molecule has 1 saturated heterocycles. The molecule has 0 bridgehead atoms. The van der Waals surface area contributed by atoms with Gasteiger partial charge in [-0.1, -0.05) is 55.3 Å². The molecule has 1 aromatic rings. The van der Waals surface area contributed by atoms with Crippen LogP contribution in [0.4, 0.5) is 0 Å². The van der Waals surface area contributed by atoms with Crippen LogP contribution in [0, 0.1) is 5.92 Å². The fraction of sp³-hybridized carbons (Fsp3) is 0.593. The molecule has 0 radical (unpaired) electrons. The zero-order chi connectivity index (χ0) is 23.5. The molecule has 3 nitrogen and oxygen atoms in total. The maximum absolute atomic E-state index is 11.2. The highest BCUT2D eigenvalue weighted by Gasteiger charge is 2.41. The van der Waals surface area contributed by atoms with E-state index in [1.54, 1.807) is 0 Å². The first kappa shape index (κ1) is 25.3. The van der Waals surface area contributed by atoms with Crippen LogP contribution in [0.15, 0.2) is 35.9 Å². The minimum absolute atomic E-state index is 0.0357. The summed E-state index contributed by atoms with van der Waals surface area (Å²) < 4.78 is 12.2. The first-order valence-electron chi connectivity index (χ1n) is 11.8. The summed E-state index contributed by atoms with van der Waals surface area (Å²) in [5.41, 5.74) is 4.41. The minimum Gasteiger partial charge on any atom is -0.507 e. The van der Waals surface area contributed by atoms with Crippen molar-refractivity contribution < 1.29 is 14.6 Å². The van der Waals surface area contributed by atoms with Gasteiger partial charge in [0.15, 0.2) is 0 Å². The molecule has 0 amide bonds. The number of unbranched alkanes of at least 4 members (excludes halogenated alkanes) is 2. The van der Waals surface area contributed by atoms with Gasteiger partial charge in [-0.25, -0.2) is 0 Å². The molecule has 1 aromatic carbocycles. The van der Waals surface area contributed by atoms with Crippen LogP contribution in [0.5, 0.6) is 11.5 Å². The third kappa shape index (κ3) is 6.39. The Kier molecular flexibility index (Phi) is 8.51. The molecule has 0 aromatic heterocycles. The lowest BCUT2D eigenvalue weighted by atomic mass is 9.73. The predicted octanol–water partition coefficient (Wildman–Crippen LogP) is 7.72. The van der Waals surface area contributed by atoms with Crippen molar-refractivity contribution in [2.24, 2.45) is 5.92 Å². The van der Waals surface area contributed by atoms with Crippen LogP contribution < -0.4 is 4.74 Å². The highest BCUT2D eigenvalue weighted by Crippen LogP contribution is 2.47. The minimum atomic E-state index is -0.139. The Hall–Kier alpha value is -1.30. The fourth-order valence-corrected chi connectivity index (χ4v) is 6.12. The molecule has 0 spiro atoms. The number of benzene rings is 1. The zero-order valence-electron chi connectivity index (χ0n) is 20.2. The summed E-state index contributed by atoms with van der Waals surface area (Å²) in [6.45, 7) is 15.7. The predicted molar refractivity (Wildman–Crippen MR) is 140 cm³/mol. The summed E-state index contributed by atoms with van der Waals surface area (Å²) in [6.07, 6.45) is 8.93. The Morgan fingerprint density at radius 3 is 2.69 bits per heavy atom. The van der Waals surface area contributed by atoms with Gasteiger partial charge in [-0.3, -0.25) is 0 Å². The van der Waals surface area contributed by atoms with Crippen molar-refractivity contribution in [1.82, 2.24) is 0 Å². The van der Waals surface area contributed by atoms with Gasteiger partial charge in [-0.2, -0.15) is 0 Å². The number of aromatic hydroxyl groups is 1.